The number of aliphatic hydroxyl groups excluding tert-OH is 1. The van der Waals surface area contributed by atoms with E-state index in [0.717, 1.165) is 11.1 Å². The number of fused-ring (bicyclic) bond motifs is 1. The number of H-pyrrole nitrogens is 1. The lowest BCUT2D eigenvalue weighted by Gasteiger charge is -2.22. The van der Waals surface area contributed by atoms with E-state index in [-0.39, 0.29) is 5.52 Å². The summed E-state index contributed by atoms with van der Waals surface area (Å²) in [6, 6.07) is 1.77. The van der Waals surface area contributed by atoms with Crippen LogP contribution in [0.2, 0.25) is 0 Å². The average molecular weight is 377 g/mol. The fourth-order valence-electron chi connectivity index (χ4n) is 2.48. The maximum absolute atomic E-state index is 12.8. The van der Waals surface area contributed by atoms with E-state index in [9.17, 15) is 24.3 Å². The van der Waals surface area contributed by atoms with Gasteiger partial charge in [0.1, 0.15) is 11.6 Å². The summed E-state index contributed by atoms with van der Waals surface area (Å²) in [5.41, 5.74) is -0.747. The number of hydrogen-bond acceptors (Lipinski definition) is 6. The predicted octanol–water partition coefficient (Wildman–Crippen LogP) is 0.832. The zero-order chi connectivity index (χ0) is 20.5. The summed E-state index contributed by atoms with van der Waals surface area (Å²) in [5, 5.41) is 11.8. The number of benzene rings is 1. The molecule has 0 unspecified atom stereocenters. The maximum Gasteiger partial charge on any atom is 0.408 e. The number of alkyl carbamates (subject to hydrolysis) is 1. The molecule has 27 heavy (non-hydrogen) atoms. The lowest BCUT2D eigenvalue weighted by atomic mass is 10.1. The Morgan fingerprint density at radius 3 is 2.37 bits per heavy atom. The third-order valence-electron chi connectivity index (χ3n) is 3.89. The van der Waals surface area contributed by atoms with Crippen molar-refractivity contribution in [2.45, 2.75) is 46.3 Å². The molecule has 9 nitrogen and oxygen atoms in total. The molecule has 0 bridgehead atoms. The number of aryl methyl sites for hydroxylation is 2. The molecule has 2 rings (SSSR count). The highest BCUT2D eigenvalue weighted by Gasteiger charge is 2.27. The van der Waals surface area contributed by atoms with Gasteiger partial charge >= 0.3 is 17.2 Å². The summed E-state index contributed by atoms with van der Waals surface area (Å²) < 4.78 is 5.73. The minimum atomic E-state index is -1.45. The standard InChI is InChI=1S/C18H23N3O6/c1-9-6-11-13(7-10(9)2)21(16(25)14(23)19-11)15(24)12(8-22)20-17(26)27-18(3,4)5/h6-7,12,22H,8H2,1-5H3,(H,19,23)(H,20,26)/t12-/m1/s1. The van der Waals surface area contributed by atoms with Crippen LogP contribution in [-0.4, -0.2) is 44.9 Å². The fourth-order valence-corrected chi connectivity index (χ4v) is 2.48. The van der Waals surface area contributed by atoms with Crippen LogP contribution in [-0.2, 0) is 4.74 Å². The van der Waals surface area contributed by atoms with E-state index in [1.807, 2.05) is 6.92 Å². The number of nitrogens with one attached hydrogen (secondary N) is 2. The number of hydrogen-bond donors (Lipinski definition) is 3. The second kappa shape index (κ2) is 7.36. The van der Waals surface area contributed by atoms with Crippen molar-refractivity contribution in [1.29, 1.82) is 0 Å². The quantitative estimate of drug-likeness (QED) is 0.679. The van der Waals surface area contributed by atoms with Crippen molar-refractivity contribution in [2.75, 3.05) is 6.61 Å². The van der Waals surface area contributed by atoms with Crippen LogP contribution in [0.4, 0.5) is 4.79 Å². The highest BCUT2D eigenvalue weighted by molar-refractivity contribution is 5.94. The van der Waals surface area contributed by atoms with Gasteiger partial charge in [-0.25, -0.2) is 9.36 Å². The van der Waals surface area contributed by atoms with Gasteiger partial charge < -0.3 is 20.1 Å². The molecule has 0 saturated heterocycles. The minimum Gasteiger partial charge on any atom is -0.444 e. The normalized spacial score (nSPS) is 12.7. The van der Waals surface area contributed by atoms with Crippen molar-refractivity contribution in [3.63, 3.8) is 0 Å². The molecule has 0 aliphatic heterocycles. The van der Waals surface area contributed by atoms with E-state index in [1.54, 1.807) is 39.8 Å². The number of ether oxygens (including phenoxy) is 1. The topological polar surface area (TPSA) is 130 Å². The Bertz CT molecular complexity index is 1010. The maximum atomic E-state index is 12.8. The van der Waals surface area contributed by atoms with E-state index in [4.69, 9.17) is 4.74 Å². The molecule has 1 amide bonds. The molecule has 0 aliphatic rings. The zero-order valence-corrected chi connectivity index (χ0v) is 15.9. The van der Waals surface area contributed by atoms with Crippen LogP contribution in [0.25, 0.3) is 11.0 Å². The minimum absolute atomic E-state index is 0.178. The number of aromatic nitrogens is 2. The molecule has 0 saturated carbocycles. The molecule has 0 aliphatic carbocycles. The Kier molecular flexibility index (Phi) is 5.55. The Hall–Kier alpha value is -2.94. The third kappa shape index (κ3) is 4.43. The molecule has 0 fully saturated rings. The largest absolute Gasteiger partial charge is 0.444 e. The molecule has 0 radical (unpaired) electrons. The van der Waals surface area contributed by atoms with E-state index in [0.29, 0.717) is 10.1 Å². The first kappa shape index (κ1) is 20.4. The van der Waals surface area contributed by atoms with Crippen LogP contribution in [0.1, 0.15) is 36.7 Å². The number of rotatable bonds is 3. The van der Waals surface area contributed by atoms with Crippen molar-refractivity contribution in [1.82, 2.24) is 14.9 Å². The van der Waals surface area contributed by atoms with Crippen LogP contribution in [0.3, 0.4) is 0 Å². The highest BCUT2D eigenvalue weighted by Crippen LogP contribution is 2.16. The van der Waals surface area contributed by atoms with Gasteiger partial charge in [0.05, 0.1) is 17.6 Å². The monoisotopic (exact) mass is 377 g/mol. The number of aliphatic hydroxyl groups is 1. The smallest absolute Gasteiger partial charge is 0.408 e. The van der Waals surface area contributed by atoms with Gasteiger partial charge in [-0.3, -0.25) is 14.4 Å². The molecule has 0 spiro atoms. The molecule has 3 N–H and O–H groups in total. The van der Waals surface area contributed by atoms with E-state index in [2.05, 4.69) is 10.3 Å². The molecular formula is C18H23N3O6. The first-order valence-electron chi connectivity index (χ1n) is 8.35. The molecule has 1 atom stereocenters. The van der Waals surface area contributed by atoms with Crippen LogP contribution in [0.15, 0.2) is 21.7 Å². The highest BCUT2D eigenvalue weighted by atomic mass is 16.6. The molecule has 146 valence electrons. The summed E-state index contributed by atoms with van der Waals surface area (Å²) in [7, 11) is 0. The van der Waals surface area contributed by atoms with Gasteiger partial charge in [-0.1, -0.05) is 0 Å². The summed E-state index contributed by atoms with van der Waals surface area (Å²) in [4.78, 5) is 51.5. The predicted molar refractivity (Wildman–Crippen MR) is 99.2 cm³/mol. The Balaban J connectivity index is 2.53. The van der Waals surface area contributed by atoms with Crippen molar-refractivity contribution in [2.24, 2.45) is 0 Å². The van der Waals surface area contributed by atoms with Crippen molar-refractivity contribution in [3.8, 4) is 0 Å². The third-order valence-corrected chi connectivity index (χ3v) is 3.89. The van der Waals surface area contributed by atoms with Gasteiger partial charge in [0, 0.05) is 0 Å². The number of carbonyl (C=O) groups excluding carboxylic acids is 2. The summed E-state index contributed by atoms with van der Waals surface area (Å²) in [6.07, 6.45) is -0.927. The Morgan fingerprint density at radius 2 is 1.81 bits per heavy atom. The average Bonchev–Trinajstić information content (AvgIpc) is 2.54. The molecule has 1 aromatic carbocycles. The fraction of sp³-hybridized carbons (Fsp3) is 0.444. The lowest BCUT2D eigenvalue weighted by molar-refractivity contribution is 0.0455. The van der Waals surface area contributed by atoms with Gasteiger partial charge in [-0.05, 0) is 57.9 Å². The molecule has 1 heterocycles. The first-order valence-corrected chi connectivity index (χ1v) is 8.35. The summed E-state index contributed by atoms with van der Waals surface area (Å²) in [5.74, 6) is -0.937. The molecule has 2 aromatic rings. The van der Waals surface area contributed by atoms with Crippen LogP contribution >= 0.6 is 0 Å². The van der Waals surface area contributed by atoms with Gasteiger partial charge in [0.15, 0.2) is 0 Å². The molecule has 1 aromatic heterocycles. The summed E-state index contributed by atoms with van der Waals surface area (Å²) >= 11 is 0. The molecular weight excluding hydrogens is 354 g/mol. The van der Waals surface area contributed by atoms with E-state index < -0.39 is 41.4 Å². The second-order valence-corrected chi connectivity index (χ2v) is 7.27. The van der Waals surface area contributed by atoms with Crippen molar-refractivity contribution >= 4 is 23.0 Å². The lowest BCUT2D eigenvalue weighted by Crippen LogP contribution is -2.51. The Labute approximate surface area is 155 Å². The van der Waals surface area contributed by atoms with Crippen LogP contribution in [0.5, 0.6) is 0 Å². The van der Waals surface area contributed by atoms with Crippen molar-refractivity contribution < 1.29 is 19.4 Å². The van der Waals surface area contributed by atoms with Crippen LogP contribution < -0.4 is 16.4 Å². The zero-order valence-electron chi connectivity index (χ0n) is 15.9. The van der Waals surface area contributed by atoms with Gasteiger partial charge in [-0.15, -0.1) is 0 Å². The number of aromatic amines is 1. The number of carbonyl (C=O) groups is 2. The number of nitrogens with zero attached hydrogens (tertiary/aromatic N) is 1. The SMILES string of the molecule is Cc1cc2[nH]c(=O)c(=O)n(C(=O)[C@@H](CO)NC(=O)OC(C)(C)C)c2cc1C. The van der Waals surface area contributed by atoms with Gasteiger partial charge in [-0.2, -0.15) is 0 Å². The Morgan fingerprint density at radius 1 is 1.22 bits per heavy atom. The van der Waals surface area contributed by atoms with Gasteiger partial charge in [0.25, 0.3) is 5.91 Å². The van der Waals surface area contributed by atoms with E-state index >= 15 is 0 Å². The number of amides is 1. The van der Waals surface area contributed by atoms with Crippen LogP contribution in [0, 0.1) is 13.8 Å². The summed E-state index contributed by atoms with van der Waals surface area (Å²) in [6.45, 7) is 7.77. The molecule has 9 heteroatoms. The van der Waals surface area contributed by atoms with Gasteiger partial charge in [0.2, 0.25) is 0 Å². The van der Waals surface area contributed by atoms with Crippen molar-refractivity contribution in [3.05, 3.63) is 44.0 Å². The van der Waals surface area contributed by atoms with E-state index in [1.165, 1.54) is 0 Å². The first-order chi connectivity index (χ1) is 12.4. The second-order valence-electron chi connectivity index (χ2n) is 7.27.